The monoisotopic (exact) mass is 370 g/mol. The molecule has 0 N–H and O–H groups in total. The van der Waals surface area contributed by atoms with E-state index in [1.54, 1.807) is 42.7 Å². The second-order valence-corrected chi connectivity index (χ2v) is 6.20. The summed E-state index contributed by atoms with van der Waals surface area (Å²) < 4.78 is 16.6. The zero-order chi connectivity index (χ0) is 17.9. The molecule has 0 spiro atoms. The minimum Gasteiger partial charge on any atom is -0.489 e. The van der Waals surface area contributed by atoms with Crippen molar-refractivity contribution in [1.29, 1.82) is 0 Å². The number of fused-ring (bicyclic) bond motifs is 2. The molecule has 0 saturated carbocycles. The predicted molar refractivity (Wildman–Crippen MR) is 95.7 cm³/mol. The minimum absolute atomic E-state index is 0.0771. The Labute approximate surface area is 154 Å². The molecule has 0 radical (unpaired) electrons. The average Bonchev–Trinajstić information content (AvgIpc) is 2.91. The number of carbonyl (C=O) groups excluding carboxylic acids is 1. The van der Waals surface area contributed by atoms with Crippen LogP contribution in [0.2, 0.25) is 5.02 Å². The lowest BCUT2D eigenvalue weighted by Crippen LogP contribution is -2.06. The summed E-state index contributed by atoms with van der Waals surface area (Å²) in [5.74, 6) is 0.662. The van der Waals surface area contributed by atoms with E-state index >= 15 is 0 Å². The van der Waals surface area contributed by atoms with Crippen molar-refractivity contribution in [2.75, 3.05) is 13.2 Å². The highest BCUT2D eigenvalue weighted by Gasteiger charge is 2.17. The molecule has 7 heteroatoms. The Morgan fingerprint density at radius 2 is 1.88 bits per heavy atom. The van der Waals surface area contributed by atoms with Crippen molar-refractivity contribution in [2.24, 2.45) is 0 Å². The Morgan fingerprint density at radius 3 is 2.77 bits per heavy atom. The van der Waals surface area contributed by atoms with Crippen molar-refractivity contribution >= 4 is 28.6 Å². The van der Waals surface area contributed by atoms with E-state index < -0.39 is 5.97 Å². The molecule has 1 aliphatic rings. The van der Waals surface area contributed by atoms with Gasteiger partial charge in [0, 0.05) is 18.8 Å². The molecule has 0 amide bonds. The lowest BCUT2D eigenvalue weighted by atomic mass is 10.2. The Hall–Kier alpha value is -2.86. The molecule has 6 nitrogen and oxygen atoms in total. The summed E-state index contributed by atoms with van der Waals surface area (Å²) in [5, 5.41) is 0.441. The zero-order valence-electron chi connectivity index (χ0n) is 13.8. The number of hydrogen-bond donors (Lipinski definition) is 0. The van der Waals surface area contributed by atoms with Crippen LogP contribution in [0.5, 0.6) is 11.5 Å². The molecule has 0 fully saturated rings. The smallest absolute Gasteiger partial charge is 0.338 e. The minimum atomic E-state index is -0.444. The van der Waals surface area contributed by atoms with Gasteiger partial charge in [0.1, 0.15) is 6.61 Å². The molecule has 0 atom stereocenters. The number of hydrogen-bond acceptors (Lipinski definition) is 6. The number of carbonyl (C=O) groups is 1. The lowest BCUT2D eigenvalue weighted by Gasteiger charge is -2.12. The summed E-state index contributed by atoms with van der Waals surface area (Å²) in [7, 11) is 0. The van der Waals surface area contributed by atoms with Crippen LogP contribution in [0.25, 0.3) is 11.0 Å². The van der Waals surface area contributed by atoms with Gasteiger partial charge in [-0.2, -0.15) is 0 Å². The van der Waals surface area contributed by atoms with Gasteiger partial charge in [-0.15, -0.1) is 0 Å². The molecule has 0 unspecified atom stereocenters. The summed E-state index contributed by atoms with van der Waals surface area (Å²) in [6.45, 7) is 1.20. The van der Waals surface area contributed by atoms with Gasteiger partial charge in [-0.05, 0) is 35.9 Å². The van der Waals surface area contributed by atoms with Crippen LogP contribution in [0.4, 0.5) is 0 Å². The van der Waals surface area contributed by atoms with Gasteiger partial charge in [0.25, 0.3) is 0 Å². The van der Waals surface area contributed by atoms with Crippen LogP contribution >= 0.6 is 11.6 Å². The quantitative estimate of drug-likeness (QED) is 0.653. The maximum Gasteiger partial charge on any atom is 0.338 e. The molecular weight excluding hydrogens is 356 g/mol. The highest BCUT2D eigenvalue weighted by molar-refractivity contribution is 6.32. The fourth-order valence-corrected chi connectivity index (χ4v) is 2.98. The second kappa shape index (κ2) is 7.17. The number of benzene rings is 2. The molecule has 132 valence electrons. The van der Waals surface area contributed by atoms with Crippen LogP contribution in [-0.4, -0.2) is 29.2 Å². The number of halogens is 1. The summed E-state index contributed by atoms with van der Waals surface area (Å²) in [4.78, 5) is 20.7. The maximum atomic E-state index is 12.3. The van der Waals surface area contributed by atoms with Gasteiger partial charge in [-0.25, -0.2) is 4.79 Å². The van der Waals surface area contributed by atoms with Crippen LogP contribution < -0.4 is 9.47 Å². The van der Waals surface area contributed by atoms with E-state index in [4.69, 9.17) is 25.8 Å². The fourth-order valence-electron chi connectivity index (χ4n) is 2.69. The first-order valence-corrected chi connectivity index (χ1v) is 8.54. The first kappa shape index (κ1) is 16.6. The molecule has 0 aliphatic carbocycles. The number of esters is 1. The van der Waals surface area contributed by atoms with Crippen molar-refractivity contribution in [2.45, 2.75) is 13.0 Å². The van der Waals surface area contributed by atoms with Crippen LogP contribution in [0, 0.1) is 0 Å². The number of nitrogens with zero attached hydrogens (tertiary/aromatic N) is 2. The molecule has 2 aromatic carbocycles. The highest BCUT2D eigenvalue weighted by Crippen LogP contribution is 2.38. The zero-order valence-corrected chi connectivity index (χ0v) is 14.5. The lowest BCUT2D eigenvalue weighted by molar-refractivity contribution is 0.0472. The van der Waals surface area contributed by atoms with E-state index in [1.807, 2.05) is 0 Å². The average molecular weight is 371 g/mol. The third-order valence-electron chi connectivity index (χ3n) is 3.94. The molecule has 0 bridgehead atoms. The van der Waals surface area contributed by atoms with Crippen molar-refractivity contribution in [3.8, 4) is 11.5 Å². The molecule has 3 aromatic rings. The van der Waals surface area contributed by atoms with E-state index in [0.717, 1.165) is 17.5 Å². The van der Waals surface area contributed by atoms with Crippen LogP contribution in [0.3, 0.4) is 0 Å². The standard InChI is InChI=1S/C19H15ClN2O4/c20-14-8-12(9-17-18(14)25-7-1-6-24-17)11-26-19(23)13-2-3-15-16(10-13)22-5-4-21-15/h2-5,8-10H,1,6-7,11H2. The van der Waals surface area contributed by atoms with Gasteiger partial charge in [-0.1, -0.05) is 11.6 Å². The summed E-state index contributed by atoms with van der Waals surface area (Å²) in [5.41, 5.74) is 2.51. The maximum absolute atomic E-state index is 12.3. The third-order valence-corrected chi connectivity index (χ3v) is 4.22. The van der Waals surface area contributed by atoms with Gasteiger partial charge < -0.3 is 14.2 Å². The second-order valence-electron chi connectivity index (χ2n) is 5.79. The number of rotatable bonds is 3. The molecule has 1 aromatic heterocycles. The first-order chi connectivity index (χ1) is 12.7. The summed E-state index contributed by atoms with van der Waals surface area (Å²) >= 11 is 6.26. The van der Waals surface area contributed by atoms with Gasteiger partial charge in [0.15, 0.2) is 11.5 Å². The van der Waals surface area contributed by atoms with Crippen LogP contribution in [-0.2, 0) is 11.3 Å². The van der Waals surface area contributed by atoms with E-state index in [-0.39, 0.29) is 6.61 Å². The Kier molecular flexibility index (Phi) is 4.58. The molecule has 0 saturated heterocycles. The number of ether oxygens (including phenoxy) is 3. The van der Waals surface area contributed by atoms with Gasteiger partial charge >= 0.3 is 5.97 Å². The SMILES string of the molecule is O=C(OCc1cc(Cl)c2c(c1)OCCCO2)c1ccc2nccnc2c1. The van der Waals surface area contributed by atoms with Gasteiger partial charge in [-0.3, -0.25) is 9.97 Å². The largest absolute Gasteiger partial charge is 0.489 e. The Balaban J connectivity index is 1.50. The molecule has 4 rings (SSSR count). The van der Waals surface area contributed by atoms with Crippen molar-refractivity contribution in [1.82, 2.24) is 9.97 Å². The molecular formula is C19H15ClN2O4. The highest BCUT2D eigenvalue weighted by atomic mass is 35.5. The van der Waals surface area contributed by atoms with Crippen molar-refractivity contribution in [3.05, 3.63) is 58.9 Å². The Morgan fingerprint density at radius 1 is 1.08 bits per heavy atom. The summed E-state index contributed by atoms with van der Waals surface area (Å²) in [6, 6.07) is 8.56. The first-order valence-electron chi connectivity index (χ1n) is 8.16. The van der Waals surface area contributed by atoms with Crippen molar-refractivity contribution in [3.63, 3.8) is 0 Å². The van der Waals surface area contributed by atoms with E-state index in [2.05, 4.69) is 9.97 Å². The topological polar surface area (TPSA) is 70.5 Å². The summed E-state index contributed by atoms with van der Waals surface area (Å²) in [6.07, 6.45) is 3.98. The van der Waals surface area contributed by atoms with E-state index in [1.165, 1.54) is 0 Å². The van der Waals surface area contributed by atoms with E-state index in [0.29, 0.717) is 40.8 Å². The molecule has 26 heavy (non-hydrogen) atoms. The normalized spacial score (nSPS) is 13.3. The van der Waals surface area contributed by atoms with Crippen molar-refractivity contribution < 1.29 is 19.0 Å². The third kappa shape index (κ3) is 3.41. The Bertz CT molecular complexity index is 977. The molecule has 1 aliphatic heterocycles. The van der Waals surface area contributed by atoms with Gasteiger partial charge in [0.2, 0.25) is 0 Å². The molecule has 2 heterocycles. The van der Waals surface area contributed by atoms with Crippen LogP contribution in [0.1, 0.15) is 22.3 Å². The number of aromatic nitrogens is 2. The van der Waals surface area contributed by atoms with Gasteiger partial charge in [0.05, 0.1) is 34.8 Å². The van der Waals surface area contributed by atoms with Crippen LogP contribution in [0.15, 0.2) is 42.7 Å². The predicted octanol–water partition coefficient (Wildman–Crippen LogP) is 3.80. The van der Waals surface area contributed by atoms with E-state index in [9.17, 15) is 4.79 Å². The fraction of sp³-hybridized carbons (Fsp3) is 0.211.